The first-order valence-corrected chi connectivity index (χ1v) is 9.09. The van der Waals surface area contributed by atoms with Crippen LogP contribution in [0.5, 0.6) is 5.75 Å². The lowest BCUT2D eigenvalue weighted by Gasteiger charge is -2.33. The Labute approximate surface area is 157 Å². The van der Waals surface area contributed by atoms with Gasteiger partial charge >= 0.3 is 0 Å². The van der Waals surface area contributed by atoms with Crippen LogP contribution in [0.4, 0.5) is 0 Å². The number of ether oxygens (including phenoxy) is 1. The van der Waals surface area contributed by atoms with Gasteiger partial charge in [0.15, 0.2) is 6.10 Å². The van der Waals surface area contributed by atoms with Crippen LogP contribution in [-0.4, -0.2) is 39.8 Å². The first kappa shape index (κ1) is 18.1. The summed E-state index contributed by atoms with van der Waals surface area (Å²) in [5.41, 5.74) is 1.10. The number of aryl methyl sites for hydroxylation is 1. The van der Waals surface area contributed by atoms with Crippen molar-refractivity contribution in [1.29, 1.82) is 0 Å². The maximum absolute atomic E-state index is 12.6. The van der Waals surface area contributed by atoms with E-state index in [2.05, 4.69) is 11.2 Å². The van der Waals surface area contributed by atoms with Crippen LogP contribution in [0.2, 0.25) is 10.0 Å². The number of carbonyl (C=O) groups excluding carboxylic acids is 1. The van der Waals surface area contributed by atoms with Crippen LogP contribution in [0.3, 0.4) is 0 Å². The minimum atomic E-state index is -0.593. The summed E-state index contributed by atoms with van der Waals surface area (Å²) in [6.45, 7) is 3.17. The van der Waals surface area contributed by atoms with Crippen molar-refractivity contribution in [2.75, 3.05) is 13.1 Å². The molecule has 5 nitrogen and oxygen atoms in total. The Morgan fingerprint density at radius 3 is 2.60 bits per heavy atom. The zero-order valence-corrected chi connectivity index (χ0v) is 15.8. The van der Waals surface area contributed by atoms with E-state index < -0.39 is 6.10 Å². The van der Waals surface area contributed by atoms with Crippen LogP contribution in [0, 0.1) is 0 Å². The molecule has 1 atom stereocenters. The van der Waals surface area contributed by atoms with Crippen molar-refractivity contribution in [3.63, 3.8) is 0 Å². The average Bonchev–Trinajstić information content (AvgIpc) is 3.03. The Morgan fingerprint density at radius 1 is 1.28 bits per heavy atom. The number of aromatic nitrogens is 2. The first-order chi connectivity index (χ1) is 11.9. The number of amides is 1. The molecule has 0 N–H and O–H groups in total. The maximum Gasteiger partial charge on any atom is 0.263 e. The highest BCUT2D eigenvalue weighted by molar-refractivity contribution is 6.35. The molecule has 0 unspecified atom stereocenters. The Balaban J connectivity index is 1.56. The quantitative estimate of drug-likeness (QED) is 0.806. The minimum Gasteiger partial charge on any atom is -0.479 e. The number of piperidine rings is 1. The molecule has 2 heterocycles. The van der Waals surface area contributed by atoms with Gasteiger partial charge in [-0.2, -0.15) is 5.10 Å². The summed E-state index contributed by atoms with van der Waals surface area (Å²) in [5, 5.41) is 5.41. The van der Waals surface area contributed by atoms with Gasteiger partial charge in [0, 0.05) is 37.3 Å². The molecule has 0 spiro atoms. The highest BCUT2D eigenvalue weighted by atomic mass is 35.5. The molecule has 7 heteroatoms. The molecule has 0 bridgehead atoms. The van der Waals surface area contributed by atoms with Gasteiger partial charge in [0.1, 0.15) is 5.75 Å². The molecule has 1 aliphatic heterocycles. The Hall–Kier alpha value is -1.72. The van der Waals surface area contributed by atoms with Crippen LogP contribution in [0.1, 0.15) is 31.4 Å². The molecule has 0 radical (unpaired) electrons. The van der Waals surface area contributed by atoms with Crippen molar-refractivity contribution in [1.82, 2.24) is 14.7 Å². The summed E-state index contributed by atoms with van der Waals surface area (Å²) >= 11 is 12.0. The van der Waals surface area contributed by atoms with E-state index in [0.29, 0.717) is 34.8 Å². The van der Waals surface area contributed by atoms with Crippen LogP contribution >= 0.6 is 23.2 Å². The Bertz CT molecular complexity index is 755. The molecule has 1 amide bonds. The van der Waals surface area contributed by atoms with Gasteiger partial charge in [-0.05, 0) is 44.0 Å². The van der Waals surface area contributed by atoms with Gasteiger partial charge < -0.3 is 9.64 Å². The molecule has 1 saturated heterocycles. The van der Waals surface area contributed by atoms with E-state index in [1.807, 2.05) is 22.8 Å². The monoisotopic (exact) mass is 381 g/mol. The summed E-state index contributed by atoms with van der Waals surface area (Å²) in [5.74, 6) is 0.855. The van der Waals surface area contributed by atoms with Gasteiger partial charge in [0.2, 0.25) is 0 Å². The fraction of sp³-hybridized carbons (Fsp3) is 0.444. The maximum atomic E-state index is 12.6. The van der Waals surface area contributed by atoms with E-state index in [9.17, 15) is 4.79 Å². The zero-order chi connectivity index (χ0) is 18.0. The smallest absolute Gasteiger partial charge is 0.263 e. The van der Waals surface area contributed by atoms with Crippen molar-refractivity contribution in [3.05, 3.63) is 46.2 Å². The second kappa shape index (κ2) is 7.67. The third kappa shape index (κ3) is 4.28. The topological polar surface area (TPSA) is 47.4 Å². The van der Waals surface area contributed by atoms with E-state index in [-0.39, 0.29) is 5.91 Å². The van der Waals surface area contributed by atoms with Gasteiger partial charge in [-0.3, -0.25) is 9.48 Å². The van der Waals surface area contributed by atoms with Gasteiger partial charge in [-0.25, -0.2) is 0 Å². The number of rotatable bonds is 4. The summed E-state index contributed by atoms with van der Waals surface area (Å²) < 4.78 is 7.55. The normalized spacial score (nSPS) is 16.7. The standard InChI is InChI=1S/C18H21Cl2N3O2/c1-12(25-17-4-3-14(19)11-15(17)20)18(24)23-9-5-13(6-10-23)16-7-8-22(2)21-16/h3-4,7-8,11-13H,5-6,9-10H2,1-2H3/t12-/m0/s1. The highest BCUT2D eigenvalue weighted by Crippen LogP contribution is 2.30. The second-order valence-corrected chi connectivity index (χ2v) is 7.19. The van der Waals surface area contributed by atoms with Crippen LogP contribution in [0.25, 0.3) is 0 Å². The van der Waals surface area contributed by atoms with E-state index in [4.69, 9.17) is 27.9 Å². The van der Waals surface area contributed by atoms with E-state index in [1.165, 1.54) is 0 Å². The molecule has 2 aromatic rings. The van der Waals surface area contributed by atoms with Crippen LogP contribution < -0.4 is 4.74 Å². The zero-order valence-electron chi connectivity index (χ0n) is 14.3. The van der Waals surface area contributed by atoms with Crippen molar-refractivity contribution < 1.29 is 9.53 Å². The van der Waals surface area contributed by atoms with Crippen molar-refractivity contribution in [2.45, 2.75) is 31.8 Å². The van der Waals surface area contributed by atoms with Gasteiger partial charge in [-0.1, -0.05) is 23.2 Å². The Kier molecular flexibility index (Phi) is 5.54. The SMILES string of the molecule is C[C@H](Oc1ccc(Cl)cc1Cl)C(=O)N1CCC(c2ccn(C)n2)CC1. The fourth-order valence-corrected chi connectivity index (χ4v) is 3.57. The van der Waals surface area contributed by atoms with Gasteiger partial charge in [0.25, 0.3) is 5.91 Å². The molecule has 0 aliphatic carbocycles. The van der Waals surface area contributed by atoms with Crippen LogP contribution in [0.15, 0.2) is 30.5 Å². The molecule has 1 aliphatic rings. The predicted molar refractivity (Wildman–Crippen MR) is 98.3 cm³/mol. The summed E-state index contributed by atoms with van der Waals surface area (Å²) in [6, 6.07) is 7.03. The molecule has 3 rings (SSSR count). The van der Waals surface area contributed by atoms with Gasteiger partial charge in [0.05, 0.1) is 10.7 Å². The third-order valence-corrected chi connectivity index (χ3v) is 5.04. The summed E-state index contributed by atoms with van der Waals surface area (Å²) in [6.07, 6.45) is 3.19. The van der Waals surface area contributed by atoms with Gasteiger partial charge in [-0.15, -0.1) is 0 Å². The molecular formula is C18H21Cl2N3O2. The molecule has 0 saturated carbocycles. The predicted octanol–water partition coefficient (Wildman–Crippen LogP) is 3.90. The fourth-order valence-electron chi connectivity index (χ4n) is 3.12. The highest BCUT2D eigenvalue weighted by Gasteiger charge is 2.28. The van der Waals surface area contributed by atoms with Crippen molar-refractivity contribution in [2.24, 2.45) is 7.05 Å². The molecule has 1 aromatic heterocycles. The number of hydrogen-bond donors (Lipinski definition) is 0. The van der Waals surface area contributed by atoms with Crippen molar-refractivity contribution in [3.8, 4) is 5.75 Å². The van der Waals surface area contributed by atoms with E-state index >= 15 is 0 Å². The number of nitrogens with zero attached hydrogens (tertiary/aromatic N) is 3. The average molecular weight is 382 g/mol. The van der Waals surface area contributed by atoms with E-state index in [0.717, 1.165) is 18.5 Å². The second-order valence-electron chi connectivity index (χ2n) is 6.35. The number of benzene rings is 1. The summed E-state index contributed by atoms with van der Waals surface area (Å²) in [4.78, 5) is 14.5. The van der Waals surface area contributed by atoms with Crippen LogP contribution in [-0.2, 0) is 11.8 Å². The molecule has 1 fully saturated rings. The minimum absolute atomic E-state index is 0.0227. The third-order valence-electron chi connectivity index (χ3n) is 4.50. The molecule has 25 heavy (non-hydrogen) atoms. The number of halogens is 2. The number of hydrogen-bond acceptors (Lipinski definition) is 3. The molecule has 134 valence electrons. The number of carbonyl (C=O) groups is 1. The lowest BCUT2D eigenvalue weighted by Crippen LogP contribution is -2.44. The van der Waals surface area contributed by atoms with E-state index in [1.54, 1.807) is 25.1 Å². The largest absolute Gasteiger partial charge is 0.479 e. The number of likely N-dealkylation sites (tertiary alicyclic amines) is 1. The Morgan fingerprint density at radius 2 is 2.00 bits per heavy atom. The lowest BCUT2D eigenvalue weighted by atomic mass is 9.93. The molecular weight excluding hydrogens is 361 g/mol. The summed E-state index contributed by atoms with van der Waals surface area (Å²) in [7, 11) is 1.92. The molecule has 1 aromatic carbocycles. The lowest BCUT2D eigenvalue weighted by molar-refractivity contribution is -0.139. The first-order valence-electron chi connectivity index (χ1n) is 8.34. The van der Waals surface area contributed by atoms with Crippen molar-refractivity contribution >= 4 is 29.1 Å².